The average Bonchev–Trinajstić information content (AvgIpc) is 2.32. The van der Waals surface area contributed by atoms with Crippen LogP contribution in [0.25, 0.3) is 0 Å². The first kappa shape index (κ1) is 18.4. The zero-order valence-electron chi connectivity index (χ0n) is 13.2. The second-order valence-corrected chi connectivity index (χ2v) is 6.39. The van der Waals surface area contributed by atoms with Crippen LogP contribution in [0.5, 0.6) is 0 Å². The minimum Gasteiger partial charge on any atom is -0.357 e. The number of carbonyl (C=O) groups excluding carboxylic acids is 3. The van der Waals surface area contributed by atoms with E-state index in [9.17, 15) is 14.4 Å². The van der Waals surface area contributed by atoms with Gasteiger partial charge in [-0.2, -0.15) is 0 Å². The van der Waals surface area contributed by atoms with Crippen molar-refractivity contribution in [3.8, 4) is 0 Å². The fourth-order valence-corrected chi connectivity index (χ4v) is 1.87. The van der Waals surface area contributed by atoms with E-state index in [2.05, 4.69) is 16.0 Å². The van der Waals surface area contributed by atoms with E-state index >= 15 is 0 Å². The van der Waals surface area contributed by atoms with Gasteiger partial charge >= 0.3 is 0 Å². The molecule has 3 amide bonds. The third-order valence-corrected chi connectivity index (χ3v) is 2.95. The average molecular weight is 285 g/mol. The molecule has 0 aliphatic rings. The van der Waals surface area contributed by atoms with Gasteiger partial charge < -0.3 is 16.0 Å². The second-order valence-electron chi connectivity index (χ2n) is 6.39. The van der Waals surface area contributed by atoms with Crippen LogP contribution in [-0.2, 0) is 14.4 Å². The molecule has 0 spiro atoms. The summed E-state index contributed by atoms with van der Waals surface area (Å²) >= 11 is 0. The molecule has 0 aromatic heterocycles. The zero-order valence-corrected chi connectivity index (χ0v) is 13.2. The van der Waals surface area contributed by atoms with Crippen molar-refractivity contribution in [2.45, 2.75) is 53.1 Å². The number of hydrogen-bond donors (Lipinski definition) is 3. The van der Waals surface area contributed by atoms with Gasteiger partial charge in [-0.25, -0.2) is 0 Å². The maximum Gasteiger partial charge on any atom is 0.243 e. The second kappa shape index (κ2) is 7.87. The van der Waals surface area contributed by atoms with Crippen LogP contribution in [0, 0.1) is 11.3 Å². The van der Waals surface area contributed by atoms with Crippen LogP contribution in [0.2, 0.25) is 0 Å². The molecule has 0 aromatic rings. The number of amides is 3. The summed E-state index contributed by atoms with van der Waals surface area (Å²) in [5, 5.41) is 7.77. The van der Waals surface area contributed by atoms with Crippen LogP contribution in [0.4, 0.5) is 0 Å². The van der Waals surface area contributed by atoms with E-state index in [1.54, 1.807) is 0 Å². The number of carbonyl (C=O) groups is 3. The van der Waals surface area contributed by atoms with Gasteiger partial charge in [-0.15, -0.1) is 0 Å². The van der Waals surface area contributed by atoms with Gasteiger partial charge in [0, 0.05) is 7.05 Å². The van der Waals surface area contributed by atoms with E-state index in [1.165, 1.54) is 7.05 Å². The first-order valence-corrected chi connectivity index (χ1v) is 6.85. The van der Waals surface area contributed by atoms with Crippen molar-refractivity contribution in [1.82, 2.24) is 16.0 Å². The minimum absolute atomic E-state index is 0.250. The van der Waals surface area contributed by atoms with E-state index < -0.39 is 17.5 Å². The Morgan fingerprint density at radius 1 is 1.15 bits per heavy atom. The van der Waals surface area contributed by atoms with Crippen LogP contribution in [0.3, 0.4) is 0 Å². The van der Waals surface area contributed by atoms with Gasteiger partial charge in [-0.3, -0.25) is 14.4 Å². The molecule has 2 unspecified atom stereocenters. The summed E-state index contributed by atoms with van der Waals surface area (Å²) in [6.07, 6.45) is 1.04. The Hall–Kier alpha value is -1.59. The summed E-state index contributed by atoms with van der Waals surface area (Å²) in [5.74, 6) is -0.333. The fraction of sp³-hybridized carbons (Fsp3) is 0.786. The van der Waals surface area contributed by atoms with Crippen molar-refractivity contribution >= 4 is 18.2 Å². The van der Waals surface area contributed by atoms with Gasteiger partial charge in [0.2, 0.25) is 18.2 Å². The summed E-state index contributed by atoms with van der Waals surface area (Å²) in [6, 6.07) is -1.27. The van der Waals surface area contributed by atoms with Crippen molar-refractivity contribution < 1.29 is 14.4 Å². The van der Waals surface area contributed by atoms with E-state index in [0.717, 1.165) is 0 Å². The van der Waals surface area contributed by atoms with Gasteiger partial charge in [0.25, 0.3) is 0 Å². The first-order chi connectivity index (χ1) is 9.13. The van der Waals surface area contributed by atoms with Crippen LogP contribution >= 0.6 is 0 Å². The van der Waals surface area contributed by atoms with Crippen LogP contribution in [-0.4, -0.2) is 37.4 Å². The highest BCUT2D eigenvalue weighted by molar-refractivity contribution is 5.90. The summed E-state index contributed by atoms with van der Waals surface area (Å²) in [5.41, 5.74) is -0.417. The summed E-state index contributed by atoms with van der Waals surface area (Å²) in [7, 11) is 1.53. The highest BCUT2D eigenvalue weighted by atomic mass is 16.2. The van der Waals surface area contributed by atoms with Gasteiger partial charge in [0.1, 0.15) is 12.1 Å². The minimum atomic E-state index is -0.650. The molecular weight excluding hydrogens is 258 g/mol. The number of likely N-dealkylation sites (N-methyl/N-ethyl adjacent to an activating group) is 1. The Kier molecular flexibility index (Phi) is 7.24. The molecule has 2 atom stereocenters. The predicted molar refractivity (Wildman–Crippen MR) is 77.9 cm³/mol. The highest BCUT2D eigenvalue weighted by Gasteiger charge is 2.33. The van der Waals surface area contributed by atoms with Crippen molar-refractivity contribution in [1.29, 1.82) is 0 Å². The molecule has 0 bridgehead atoms. The third-order valence-electron chi connectivity index (χ3n) is 2.95. The Bertz CT molecular complexity index is 348. The standard InChI is InChI=1S/C14H27N3O3/c1-9(2)7-10(16-8-18)12(19)17-11(13(20)15-6)14(3,4)5/h8-11H,7H2,1-6H3,(H,15,20)(H,16,18)(H,17,19). The molecule has 6 nitrogen and oxygen atoms in total. The molecule has 0 heterocycles. The quantitative estimate of drug-likeness (QED) is 0.593. The topological polar surface area (TPSA) is 87.3 Å². The maximum absolute atomic E-state index is 12.2. The molecule has 0 saturated heterocycles. The molecule has 0 saturated carbocycles. The molecular formula is C14H27N3O3. The van der Waals surface area contributed by atoms with Crippen LogP contribution in [0.15, 0.2) is 0 Å². The van der Waals surface area contributed by atoms with Crippen LogP contribution < -0.4 is 16.0 Å². The Morgan fingerprint density at radius 2 is 1.70 bits per heavy atom. The summed E-state index contributed by atoms with van der Waals surface area (Å²) in [4.78, 5) is 34.7. The molecule has 0 aliphatic heterocycles. The van der Waals surface area contributed by atoms with E-state index in [-0.39, 0.29) is 17.7 Å². The van der Waals surface area contributed by atoms with Crippen molar-refractivity contribution in [3.05, 3.63) is 0 Å². The number of nitrogens with one attached hydrogen (secondary N) is 3. The van der Waals surface area contributed by atoms with Gasteiger partial charge in [0.05, 0.1) is 0 Å². The molecule has 6 heteroatoms. The fourth-order valence-electron chi connectivity index (χ4n) is 1.87. The largest absolute Gasteiger partial charge is 0.357 e. The van der Waals surface area contributed by atoms with Gasteiger partial charge in [-0.05, 0) is 17.8 Å². The molecule has 3 N–H and O–H groups in total. The van der Waals surface area contributed by atoms with Crippen molar-refractivity contribution in [3.63, 3.8) is 0 Å². The predicted octanol–water partition coefficient (Wildman–Crippen LogP) is 0.424. The van der Waals surface area contributed by atoms with Gasteiger partial charge in [0.15, 0.2) is 0 Å². The molecule has 20 heavy (non-hydrogen) atoms. The lowest BCUT2D eigenvalue weighted by atomic mass is 9.85. The lowest BCUT2D eigenvalue weighted by Gasteiger charge is -2.31. The van der Waals surface area contributed by atoms with E-state index in [0.29, 0.717) is 12.8 Å². The Balaban J connectivity index is 4.96. The lowest BCUT2D eigenvalue weighted by Crippen LogP contribution is -2.57. The molecule has 0 radical (unpaired) electrons. The smallest absolute Gasteiger partial charge is 0.243 e. The summed E-state index contributed by atoms with van der Waals surface area (Å²) < 4.78 is 0. The molecule has 0 aliphatic carbocycles. The van der Waals surface area contributed by atoms with Crippen LogP contribution in [0.1, 0.15) is 41.0 Å². The molecule has 0 aromatic carbocycles. The Labute approximate surface area is 121 Å². The molecule has 0 fully saturated rings. The zero-order chi connectivity index (χ0) is 15.9. The summed E-state index contributed by atoms with van der Waals surface area (Å²) in [6.45, 7) is 9.55. The lowest BCUT2D eigenvalue weighted by molar-refractivity contribution is -0.133. The van der Waals surface area contributed by atoms with Crippen molar-refractivity contribution in [2.24, 2.45) is 11.3 Å². The van der Waals surface area contributed by atoms with Crippen molar-refractivity contribution in [2.75, 3.05) is 7.05 Å². The monoisotopic (exact) mass is 285 g/mol. The number of rotatable bonds is 7. The first-order valence-electron chi connectivity index (χ1n) is 6.85. The SMILES string of the molecule is CNC(=O)C(NC(=O)C(CC(C)C)NC=O)C(C)(C)C. The Morgan fingerprint density at radius 3 is 2.05 bits per heavy atom. The third kappa shape index (κ3) is 6.04. The van der Waals surface area contributed by atoms with E-state index in [4.69, 9.17) is 0 Å². The number of hydrogen-bond acceptors (Lipinski definition) is 3. The highest BCUT2D eigenvalue weighted by Crippen LogP contribution is 2.19. The maximum atomic E-state index is 12.2. The molecule has 116 valence electrons. The van der Waals surface area contributed by atoms with Gasteiger partial charge in [-0.1, -0.05) is 34.6 Å². The normalized spacial score (nSPS) is 14.3. The van der Waals surface area contributed by atoms with E-state index in [1.807, 2.05) is 34.6 Å². The molecule has 0 rings (SSSR count).